The van der Waals surface area contributed by atoms with E-state index < -0.39 is 21.4 Å². The van der Waals surface area contributed by atoms with Gasteiger partial charge in [0.25, 0.3) is 0 Å². The van der Waals surface area contributed by atoms with Gasteiger partial charge in [-0.3, -0.25) is 9.59 Å². The molecule has 1 aromatic carbocycles. The number of nitrogens with one attached hydrogen (secondary N) is 1. The molecule has 0 aromatic heterocycles. The predicted octanol–water partition coefficient (Wildman–Crippen LogP) is 5.43. The fourth-order valence-electron chi connectivity index (χ4n) is 5.60. The fraction of sp³-hybridized carbons (Fsp3) is 0.655. The maximum Gasteiger partial charge on any atom is 0.306 e. The highest BCUT2D eigenvalue weighted by molar-refractivity contribution is 7.91. The molecular weight excluding hydrogens is 509 g/mol. The van der Waals surface area contributed by atoms with E-state index in [4.69, 9.17) is 9.47 Å². The number of hydrogen-bond donors (Lipinski definition) is 1. The van der Waals surface area contributed by atoms with Gasteiger partial charge in [0.2, 0.25) is 5.91 Å². The molecule has 0 spiro atoms. The summed E-state index contributed by atoms with van der Waals surface area (Å²) in [5, 5.41) is 3.29. The van der Waals surface area contributed by atoms with Crippen molar-refractivity contribution in [1.29, 1.82) is 0 Å². The number of carbonyl (C=O) groups excluding carboxylic acids is 2. The standard InChI is InChI=1S/C29H40FNO6S/c1-27(2,3)37-25(32)11-4-21(18-30)19-36-23-7-9-24(10-8-23)38(34,35)20-28-12-15-29(16-13-28,17-14-28)31-26(33)22-5-6-22/h7-10,18,22H,4-6,11-17,19-20H2,1-3H3,(H,31,33)/b21-18-. The van der Waals surface area contributed by atoms with Crippen LogP contribution in [0.3, 0.4) is 0 Å². The van der Waals surface area contributed by atoms with Crippen LogP contribution in [0.5, 0.6) is 5.75 Å². The van der Waals surface area contributed by atoms with Gasteiger partial charge in [-0.1, -0.05) is 0 Å². The summed E-state index contributed by atoms with van der Waals surface area (Å²) in [6.07, 6.45) is 7.55. The number of hydrogen-bond acceptors (Lipinski definition) is 6. The normalized spacial score (nSPS) is 25.6. The SMILES string of the molecule is CC(C)(C)OC(=O)CC/C(=C/F)COc1ccc(S(=O)(=O)CC23CCC(NC(=O)C4CC4)(CC2)CC3)cc1. The van der Waals surface area contributed by atoms with E-state index in [1.54, 1.807) is 32.9 Å². The van der Waals surface area contributed by atoms with Crippen LogP contribution < -0.4 is 10.1 Å². The number of rotatable bonds is 11. The second-order valence-corrected chi connectivity index (χ2v) is 14.4. The fourth-order valence-corrected chi connectivity index (χ4v) is 7.55. The first kappa shape index (κ1) is 28.6. The highest BCUT2D eigenvalue weighted by atomic mass is 32.2. The van der Waals surface area contributed by atoms with E-state index in [0.29, 0.717) is 17.7 Å². The lowest BCUT2D eigenvalue weighted by molar-refractivity contribution is -0.154. The second-order valence-electron chi connectivity index (χ2n) is 12.4. The Morgan fingerprint density at radius 1 is 1.03 bits per heavy atom. The topological polar surface area (TPSA) is 98.8 Å². The Hall–Kier alpha value is -2.42. The Balaban J connectivity index is 1.27. The third-order valence-corrected chi connectivity index (χ3v) is 10.0. The summed E-state index contributed by atoms with van der Waals surface area (Å²) in [7, 11) is -3.50. The predicted molar refractivity (Wildman–Crippen MR) is 142 cm³/mol. The largest absolute Gasteiger partial charge is 0.489 e. The quantitative estimate of drug-likeness (QED) is 0.370. The minimum Gasteiger partial charge on any atom is -0.489 e. The molecule has 9 heteroatoms. The molecule has 0 heterocycles. The summed E-state index contributed by atoms with van der Waals surface area (Å²) >= 11 is 0. The first-order valence-corrected chi connectivity index (χ1v) is 15.3. The Bertz CT molecular complexity index is 1140. The number of carbonyl (C=O) groups is 2. The second kappa shape index (κ2) is 11.0. The molecule has 5 rings (SSSR count). The molecule has 4 aliphatic rings. The number of benzene rings is 1. The zero-order valence-electron chi connectivity index (χ0n) is 22.7. The summed E-state index contributed by atoms with van der Waals surface area (Å²) < 4.78 is 50.8. The van der Waals surface area contributed by atoms with Crippen LogP contribution in [0.15, 0.2) is 41.1 Å². The number of esters is 1. The third-order valence-electron chi connectivity index (χ3n) is 8.07. The van der Waals surface area contributed by atoms with E-state index >= 15 is 0 Å². The van der Waals surface area contributed by atoms with Crippen molar-refractivity contribution in [2.75, 3.05) is 12.4 Å². The zero-order chi connectivity index (χ0) is 27.6. The van der Waals surface area contributed by atoms with Crippen LogP contribution in [0.25, 0.3) is 0 Å². The van der Waals surface area contributed by atoms with Crippen molar-refractivity contribution in [3.8, 4) is 5.75 Å². The van der Waals surface area contributed by atoms with Gasteiger partial charge in [-0.25, -0.2) is 12.8 Å². The molecule has 0 saturated heterocycles. The van der Waals surface area contributed by atoms with Gasteiger partial charge in [0.1, 0.15) is 18.0 Å². The highest BCUT2D eigenvalue weighted by Crippen LogP contribution is 2.53. The van der Waals surface area contributed by atoms with E-state index in [1.807, 2.05) is 0 Å². The average molecular weight is 550 g/mol. The van der Waals surface area contributed by atoms with Crippen molar-refractivity contribution in [2.24, 2.45) is 11.3 Å². The van der Waals surface area contributed by atoms with E-state index in [9.17, 15) is 22.4 Å². The van der Waals surface area contributed by atoms with Gasteiger partial charge in [0.15, 0.2) is 9.84 Å². The Labute approximate surface area is 225 Å². The first-order valence-electron chi connectivity index (χ1n) is 13.6. The maximum atomic E-state index is 13.3. The van der Waals surface area contributed by atoms with Crippen molar-refractivity contribution < 1.29 is 31.9 Å². The smallest absolute Gasteiger partial charge is 0.306 e. The maximum absolute atomic E-state index is 13.3. The molecule has 0 aliphatic heterocycles. The Morgan fingerprint density at radius 3 is 2.16 bits per heavy atom. The van der Waals surface area contributed by atoms with Gasteiger partial charge in [-0.2, -0.15) is 0 Å². The van der Waals surface area contributed by atoms with Gasteiger partial charge < -0.3 is 14.8 Å². The summed E-state index contributed by atoms with van der Waals surface area (Å²) in [5.41, 5.74) is -0.676. The number of ether oxygens (including phenoxy) is 2. The molecule has 1 amide bonds. The Kier molecular flexibility index (Phi) is 8.26. The van der Waals surface area contributed by atoms with Crippen molar-refractivity contribution >= 4 is 21.7 Å². The molecule has 0 unspecified atom stereocenters. The van der Waals surface area contributed by atoms with Crippen LogP contribution in [0.2, 0.25) is 0 Å². The van der Waals surface area contributed by atoms with E-state index in [0.717, 1.165) is 51.4 Å². The van der Waals surface area contributed by atoms with Gasteiger partial charge in [-0.05, 0) is 114 Å². The van der Waals surface area contributed by atoms with Gasteiger partial charge in [0, 0.05) is 17.9 Å². The minimum atomic E-state index is -3.50. The van der Waals surface area contributed by atoms with Crippen molar-refractivity contribution in [1.82, 2.24) is 5.32 Å². The van der Waals surface area contributed by atoms with Crippen LogP contribution >= 0.6 is 0 Å². The summed E-state index contributed by atoms with van der Waals surface area (Å²) in [6, 6.07) is 6.22. The first-order chi connectivity index (χ1) is 17.8. The summed E-state index contributed by atoms with van der Waals surface area (Å²) in [5.74, 6) is 0.473. The minimum absolute atomic E-state index is 0.0450. The molecule has 38 heavy (non-hydrogen) atoms. The van der Waals surface area contributed by atoms with Crippen LogP contribution in [-0.4, -0.2) is 43.8 Å². The highest BCUT2D eigenvalue weighted by Gasteiger charge is 2.51. The lowest BCUT2D eigenvalue weighted by Crippen LogP contribution is -2.58. The molecule has 2 bridgehead atoms. The van der Waals surface area contributed by atoms with Gasteiger partial charge in [-0.15, -0.1) is 0 Å². The van der Waals surface area contributed by atoms with E-state index in [-0.39, 0.29) is 52.9 Å². The molecule has 7 nitrogen and oxygen atoms in total. The van der Waals surface area contributed by atoms with E-state index in [1.165, 1.54) is 12.1 Å². The van der Waals surface area contributed by atoms with Crippen LogP contribution in [-0.2, 0) is 24.2 Å². The molecule has 210 valence electrons. The molecular formula is C29H40FNO6S. The van der Waals surface area contributed by atoms with Crippen molar-refractivity contribution in [2.45, 2.75) is 101 Å². The number of halogens is 1. The molecule has 4 fully saturated rings. The third kappa shape index (κ3) is 7.36. The zero-order valence-corrected chi connectivity index (χ0v) is 23.5. The average Bonchev–Trinajstić information content (AvgIpc) is 3.70. The van der Waals surface area contributed by atoms with Crippen LogP contribution in [0.1, 0.15) is 85.0 Å². The summed E-state index contributed by atoms with van der Waals surface area (Å²) in [6.45, 7) is 5.27. The number of amides is 1. The lowest BCUT2D eigenvalue weighted by atomic mass is 9.58. The molecule has 4 saturated carbocycles. The monoisotopic (exact) mass is 549 g/mol. The van der Waals surface area contributed by atoms with Crippen LogP contribution in [0.4, 0.5) is 4.39 Å². The van der Waals surface area contributed by atoms with E-state index in [2.05, 4.69) is 5.32 Å². The molecule has 1 N–H and O–H groups in total. The van der Waals surface area contributed by atoms with Crippen LogP contribution in [0, 0.1) is 11.3 Å². The Morgan fingerprint density at radius 2 is 1.63 bits per heavy atom. The molecule has 4 aliphatic carbocycles. The number of fused-ring (bicyclic) bond motifs is 3. The van der Waals surface area contributed by atoms with Gasteiger partial charge >= 0.3 is 5.97 Å². The van der Waals surface area contributed by atoms with Gasteiger partial charge in [0.05, 0.1) is 17.0 Å². The summed E-state index contributed by atoms with van der Waals surface area (Å²) in [4.78, 5) is 24.4. The molecule has 1 aromatic rings. The molecule has 0 radical (unpaired) electrons. The molecule has 0 atom stereocenters. The number of sulfone groups is 1. The van der Waals surface area contributed by atoms with Crippen molar-refractivity contribution in [3.05, 3.63) is 36.2 Å². The van der Waals surface area contributed by atoms with Crippen molar-refractivity contribution in [3.63, 3.8) is 0 Å². The lowest BCUT2D eigenvalue weighted by Gasteiger charge is -2.53.